The monoisotopic (exact) mass is 235 g/mol. The molecule has 0 radical (unpaired) electrons. The topological polar surface area (TPSA) is 57.8 Å². The molecule has 1 aromatic rings. The van der Waals surface area contributed by atoms with Crippen LogP contribution in [0.2, 0.25) is 0 Å². The van der Waals surface area contributed by atoms with Crippen molar-refractivity contribution in [3.05, 3.63) is 22.2 Å². The van der Waals surface area contributed by atoms with Gasteiger partial charge in [0.1, 0.15) is 11.6 Å². The summed E-state index contributed by atoms with van der Waals surface area (Å²) >= 11 is 0. The number of anilines is 1. The Bertz CT molecular complexity index is 427. The van der Waals surface area contributed by atoms with Crippen LogP contribution in [0.1, 0.15) is 45.4 Å². The molecule has 1 heterocycles. The number of nitrogens with one attached hydrogen (secondary N) is 2. The quantitative estimate of drug-likeness (QED) is 0.845. The summed E-state index contributed by atoms with van der Waals surface area (Å²) in [7, 11) is 0. The minimum atomic E-state index is -0.0665. The summed E-state index contributed by atoms with van der Waals surface area (Å²) < 4.78 is 0. The Morgan fingerprint density at radius 1 is 1.53 bits per heavy atom. The zero-order chi connectivity index (χ0) is 12.3. The van der Waals surface area contributed by atoms with Crippen LogP contribution < -0.4 is 10.9 Å². The van der Waals surface area contributed by atoms with Gasteiger partial charge in [-0.25, -0.2) is 4.98 Å². The van der Waals surface area contributed by atoms with Crippen molar-refractivity contribution in [3.8, 4) is 0 Å². The van der Waals surface area contributed by atoms with Gasteiger partial charge in [-0.2, -0.15) is 0 Å². The standard InChI is InChI=1S/C13H21N3O/c1-3-11-15-12(8-13(17)16-11)14-10-6-4-5-9(2)7-10/h8-10H,3-7H2,1-2H3,(H2,14,15,16,17). The second kappa shape index (κ2) is 5.34. The Morgan fingerprint density at radius 2 is 2.35 bits per heavy atom. The summed E-state index contributed by atoms with van der Waals surface area (Å²) in [6.07, 6.45) is 5.70. The Hall–Kier alpha value is -1.32. The number of aromatic amines is 1. The number of aryl methyl sites for hydroxylation is 1. The van der Waals surface area contributed by atoms with Gasteiger partial charge in [0, 0.05) is 18.5 Å². The number of hydrogen-bond acceptors (Lipinski definition) is 3. The van der Waals surface area contributed by atoms with E-state index in [4.69, 9.17) is 0 Å². The van der Waals surface area contributed by atoms with Gasteiger partial charge in [-0.05, 0) is 18.8 Å². The van der Waals surface area contributed by atoms with Crippen molar-refractivity contribution in [3.63, 3.8) is 0 Å². The molecule has 0 aromatic carbocycles. The van der Waals surface area contributed by atoms with E-state index >= 15 is 0 Å². The third-order valence-electron chi connectivity index (χ3n) is 3.41. The average molecular weight is 235 g/mol. The molecule has 0 bridgehead atoms. The van der Waals surface area contributed by atoms with E-state index in [-0.39, 0.29) is 5.56 Å². The summed E-state index contributed by atoms with van der Waals surface area (Å²) in [5.74, 6) is 2.25. The fourth-order valence-electron chi connectivity index (χ4n) is 2.52. The lowest BCUT2D eigenvalue weighted by molar-refractivity contribution is 0.358. The maximum Gasteiger partial charge on any atom is 0.252 e. The zero-order valence-electron chi connectivity index (χ0n) is 10.6. The minimum Gasteiger partial charge on any atom is -0.367 e. The van der Waals surface area contributed by atoms with Gasteiger partial charge < -0.3 is 10.3 Å². The van der Waals surface area contributed by atoms with Crippen LogP contribution >= 0.6 is 0 Å². The normalized spacial score (nSPS) is 24.6. The summed E-state index contributed by atoms with van der Waals surface area (Å²) in [6, 6.07) is 2.02. The first kappa shape index (κ1) is 12.1. The van der Waals surface area contributed by atoms with Crippen LogP contribution in [0.3, 0.4) is 0 Å². The van der Waals surface area contributed by atoms with Gasteiger partial charge in [0.05, 0.1) is 0 Å². The predicted octanol–water partition coefficient (Wildman–Crippen LogP) is 2.32. The number of H-pyrrole nitrogens is 1. The molecule has 94 valence electrons. The van der Waals surface area contributed by atoms with Crippen molar-refractivity contribution in [2.45, 2.75) is 52.0 Å². The molecule has 2 rings (SSSR count). The van der Waals surface area contributed by atoms with E-state index in [9.17, 15) is 4.79 Å². The molecule has 0 aliphatic heterocycles. The van der Waals surface area contributed by atoms with E-state index in [1.165, 1.54) is 25.7 Å². The molecule has 4 heteroatoms. The highest BCUT2D eigenvalue weighted by Crippen LogP contribution is 2.25. The predicted molar refractivity (Wildman–Crippen MR) is 69.3 cm³/mol. The molecule has 0 amide bonds. The maximum absolute atomic E-state index is 11.4. The minimum absolute atomic E-state index is 0.0665. The zero-order valence-corrected chi connectivity index (χ0v) is 10.6. The van der Waals surface area contributed by atoms with Gasteiger partial charge in [-0.15, -0.1) is 0 Å². The van der Waals surface area contributed by atoms with Crippen molar-refractivity contribution in [1.29, 1.82) is 0 Å². The smallest absolute Gasteiger partial charge is 0.252 e. The molecule has 1 saturated carbocycles. The molecule has 0 spiro atoms. The first-order valence-corrected chi connectivity index (χ1v) is 6.54. The van der Waals surface area contributed by atoms with Crippen molar-refractivity contribution >= 4 is 5.82 Å². The third-order valence-corrected chi connectivity index (χ3v) is 3.41. The molecular formula is C13H21N3O. The van der Waals surface area contributed by atoms with Crippen LogP contribution in [0.25, 0.3) is 0 Å². The van der Waals surface area contributed by atoms with E-state index in [1.54, 1.807) is 6.07 Å². The molecular weight excluding hydrogens is 214 g/mol. The lowest BCUT2D eigenvalue weighted by Crippen LogP contribution is -2.27. The van der Waals surface area contributed by atoms with Crippen molar-refractivity contribution in [2.75, 3.05) is 5.32 Å². The largest absolute Gasteiger partial charge is 0.367 e. The highest BCUT2D eigenvalue weighted by Gasteiger charge is 2.19. The van der Waals surface area contributed by atoms with E-state index in [0.717, 1.165) is 24.0 Å². The van der Waals surface area contributed by atoms with Gasteiger partial charge in [0.25, 0.3) is 5.56 Å². The first-order valence-electron chi connectivity index (χ1n) is 6.54. The van der Waals surface area contributed by atoms with Crippen LogP contribution in [0, 0.1) is 5.92 Å². The van der Waals surface area contributed by atoms with Gasteiger partial charge >= 0.3 is 0 Å². The van der Waals surface area contributed by atoms with Crippen LogP contribution in [-0.4, -0.2) is 16.0 Å². The highest BCUT2D eigenvalue weighted by atomic mass is 16.1. The molecule has 2 N–H and O–H groups in total. The highest BCUT2D eigenvalue weighted by molar-refractivity contribution is 5.34. The molecule has 4 nitrogen and oxygen atoms in total. The average Bonchev–Trinajstić information content (AvgIpc) is 2.28. The van der Waals surface area contributed by atoms with E-state index < -0.39 is 0 Å². The number of rotatable bonds is 3. The van der Waals surface area contributed by atoms with Gasteiger partial charge in [-0.3, -0.25) is 4.79 Å². The maximum atomic E-state index is 11.4. The van der Waals surface area contributed by atoms with Crippen molar-refractivity contribution in [1.82, 2.24) is 9.97 Å². The molecule has 1 aliphatic carbocycles. The molecule has 17 heavy (non-hydrogen) atoms. The second-order valence-electron chi connectivity index (χ2n) is 5.04. The van der Waals surface area contributed by atoms with E-state index in [0.29, 0.717) is 6.04 Å². The Labute approximate surface area is 102 Å². The van der Waals surface area contributed by atoms with Crippen LogP contribution in [-0.2, 0) is 6.42 Å². The second-order valence-corrected chi connectivity index (χ2v) is 5.04. The fraction of sp³-hybridized carbons (Fsp3) is 0.692. The number of aromatic nitrogens is 2. The molecule has 1 aromatic heterocycles. The van der Waals surface area contributed by atoms with E-state index in [1.807, 2.05) is 6.92 Å². The number of hydrogen-bond donors (Lipinski definition) is 2. The van der Waals surface area contributed by atoms with E-state index in [2.05, 4.69) is 22.2 Å². The van der Waals surface area contributed by atoms with Crippen LogP contribution in [0.15, 0.2) is 10.9 Å². The summed E-state index contributed by atoms with van der Waals surface area (Å²) in [6.45, 7) is 4.28. The van der Waals surface area contributed by atoms with Crippen molar-refractivity contribution in [2.24, 2.45) is 5.92 Å². The lowest BCUT2D eigenvalue weighted by Gasteiger charge is -2.27. The summed E-state index contributed by atoms with van der Waals surface area (Å²) in [4.78, 5) is 18.6. The van der Waals surface area contributed by atoms with Crippen LogP contribution in [0.5, 0.6) is 0 Å². The van der Waals surface area contributed by atoms with Gasteiger partial charge in [-0.1, -0.05) is 26.7 Å². The summed E-state index contributed by atoms with van der Waals surface area (Å²) in [5.41, 5.74) is -0.0665. The van der Waals surface area contributed by atoms with Gasteiger partial charge in [0.15, 0.2) is 0 Å². The van der Waals surface area contributed by atoms with Crippen LogP contribution in [0.4, 0.5) is 5.82 Å². The first-order chi connectivity index (χ1) is 8.17. The Kier molecular flexibility index (Phi) is 3.82. The Balaban J connectivity index is 2.07. The SMILES string of the molecule is CCc1nc(NC2CCCC(C)C2)cc(=O)[nH]1. The van der Waals surface area contributed by atoms with Gasteiger partial charge in [0.2, 0.25) is 0 Å². The summed E-state index contributed by atoms with van der Waals surface area (Å²) in [5, 5.41) is 3.40. The lowest BCUT2D eigenvalue weighted by atomic mass is 9.87. The van der Waals surface area contributed by atoms with Crippen molar-refractivity contribution < 1.29 is 0 Å². The molecule has 1 aliphatic rings. The fourth-order valence-corrected chi connectivity index (χ4v) is 2.52. The molecule has 1 fully saturated rings. The third kappa shape index (κ3) is 3.32. The number of nitrogens with zero attached hydrogens (tertiary/aromatic N) is 1. The molecule has 2 atom stereocenters. The molecule has 0 saturated heterocycles. The molecule has 2 unspecified atom stereocenters. The Morgan fingerprint density at radius 3 is 3.06 bits per heavy atom.